The monoisotopic (exact) mass is 203 g/mol. The molecule has 1 rings (SSSR count). The largest absolute Gasteiger partial charge is 0.506 e. The molecule has 0 unspecified atom stereocenters. The second-order valence-electron chi connectivity index (χ2n) is 2.54. The van der Waals surface area contributed by atoms with Gasteiger partial charge in [-0.3, -0.25) is 0 Å². The Morgan fingerprint density at radius 2 is 2.00 bits per heavy atom. The van der Waals surface area contributed by atoms with Gasteiger partial charge in [-0.2, -0.15) is 0 Å². The van der Waals surface area contributed by atoms with Gasteiger partial charge < -0.3 is 15.9 Å². The van der Waals surface area contributed by atoms with Crippen molar-refractivity contribution in [1.82, 2.24) is 0 Å². The van der Waals surface area contributed by atoms with Crippen molar-refractivity contribution in [3.63, 3.8) is 0 Å². The zero-order chi connectivity index (χ0) is 9.30. The maximum absolute atomic E-state index is 10.5. The minimum Gasteiger partial charge on any atom is -0.506 e. The molecule has 72 valence electrons. The lowest BCUT2D eigenvalue weighted by molar-refractivity contribution is 0.0697. The Morgan fingerprint density at radius 3 is 2.38 bits per heavy atom. The van der Waals surface area contributed by atoms with Gasteiger partial charge in [0.25, 0.3) is 0 Å². The molecule has 0 spiro atoms. The molecule has 0 heterocycles. The molecule has 0 bridgehead atoms. The molecule has 4 nitrogen and oxygen atoms in total. The SMILES string of the molecule is Cc1cc(C(=O)O)cc(N)c1O.Cl. The van der Waals surface area contributed by atoms with Crippen LogP contribution < -0.4 is 5.73 Å². The summed E-state index contributed by atoms with van der Waals surface area (Å²) in [5.74, 6) is -1.11. The van der Waals surface area contributed by atoms with Crippen LogP contribution in [0.3, 0.4) is 0 Å². The summed E-state index contributed by atoms with van der Waals surface area (Å²) in [6.07, 6.45) is 0. The molecule has 5 heteroatoms. The van der Waals surface area contributed by atoms with Crippen LogP contribution in [0.1, 0.15) is 15.9 Å². The van der Waals surface area contributed by atoms with E-state index in [0.29, 0.717) is 5.56 Å². The first-order chi connectivity index (χ1) is 5.52. The van der Waals surface area contributed by atoms with Gasteiger partial charge in [0.2, 0.25) is 0 Å². The molecule has 4 N–H and O–H groups in total. The average Bonchev–Trinajstić information content (AvgIpc) is 1.99. The predicted octanol–water partition coefficient (Wildman–Crippen LogP) is 1.40. The van der Waals surface area contributed by atoms with Gasteiger partial charge in [0.15, 0.2) is 0 Å². The zero-order valence-electron chi connectivity index (χ0n) is 6.94. The number of hydrogen-bond donors (Lipinski definition) is 3. The van der Waals surface area contributed by atoms with Gasteiger partial charge in [0.1, 0.15) is 5.75 Å². The van der Waals surface area contributed by atoms with Crippen molar-refractivity contribution in [2.75, 3.05) is 5.73 Å². The summed E-state index contributed by atoms with van der Waals surface area (Å²) in [4.78, 5) is 10.5. The van der Waals surface area contributed by atoms with Gasteiger partial charge in [-0.15, -0.1) is 12.4 Å². The van der Waals surface area contributed by atoms with Crippen molar-refractivity contribution in [2.45, 2.75) is 6.92 Å². The highest BCUT2D eigenvalue weighted by molar-refractivity contribution is 5.89. The number of carboxylic acid groups (broad SMARTS) is 1. The molecule has 0 amide bonds. The second-order valence-corrected chi connectivity index (χ2v) is 2.54. The fourth-order valence-electron chi connectivity index (χ4n) is 0.930. The standard InChI is InChI=1S/C8H9NO3.ClH/c1-4-2-5(8(11)12)3-6(9)7(4)10;/h2-3,10H,9H2,1H3,(H,11,12);1H. The molecule has 0 aliphatic carbocycles. The summed E-state index contributed by atoms with van der Waals surface area (Å²) in [6.45, 7) is 1.60. The number of phenols is 1. The van der Waals surface area contributed by atoms with E-state index in [2.05, 4.69) is 0 Å². The summed E-state index contributed by atoms with van der Waals surface area (Å²) < 4.78 is 0. The topological polar surface area (TPSA) is 83.5 Å². The maximum Gasteiger partial charge on any atom is 0.335 e. The molecule has 0 aromatic heterocycles. The third-order valence-electron chi connectivity index (χ3n) is 1.58. The molecule has 0 radical (unpaired) electrons. The van der Waals surface area contributed by atoms with Crippen LogP contribution in [0.2, 0.25) is 0 Å². The van der Waals surface area contributed by atoms with Gasteiger partial charge in [0, 0.05) is 0 Å². The van der Waals surface area contributed by atoms with Crippen LogP contribution >= 0.6 is 12.4 Å². The minimum absolute atomic E-state index is 0. The first kappa shape index (κ1) is 11.6. The van der Waals surface area contributed by atoms with Crippen LogP contribution in [0.4, 0.5) is 5.69 Å². The van der Waals surface area contributed by atoms with Crippen LogP contribution in [0.5, 0.6) is 5.75 Å². The number of phenolic OH excluding ortho intramolecular Hbond substituents is 1. The van der Waals surface area contributed by atoms with Crippen LogP contribution in [0.15, 0.2) is 12.1 Å². The van der Waals surface area contributed by atoms with Crippen molar-refractivity contribution < 1.29 is 15.0 Å². The summed E-state index contributed by atoms with van der Waals surface area (Å²) >= 11 is 0. The molecular formula is C8H10ClNO3. The molecule has 13 heavy (non-hydrogen) atoms. The van der Waals surface area contributed by atoms with Gasteiger partial charge in [-0.05, 0) is 24.6 Å². The molecule has 0 aliphatic rings. The number of halogens is 1. The average molecular weight is 204 g/mol. The quantitative estimate of drug-likeness (QED) is 0.476. The van der Waals surface area contributed by atoms with E-state index in [1.807, 2.05) is 0 Å². The molecule has 0 fully saturated rings. The lowest BCUT2D eigenvalue weighted by Crippen LogP contribution is -1.99. The third-order valence-corrected chi connectivity index (χ3v) is 1.58. The first-order valence-electron chi connectivity index (χ1n) is 3.34. The van der Waals surface area contributed by atoms with Crippen molar-refractivity contribution in [3.05, 3.63) is 23.3 Å². The smallest absolute Gasteiger partial charge is 0.335 e. The summed E-state index contributed by atoms with van der Waals surface area (Å²) in [6, 6.07) is 2.60. The Labute approximate surface area is 81.4 Å². The normalized spacial score (nSPS) is 9.00. The van der Waals surface area contributed by atoms with Crippen molar-refractivity contribution in [1.29, 1.82) is 0 Å². The number of carboxylic acids is 1. The number of nitrogen functional groups attached to an aromatic ring is 1. The number of aromatic hydroxyl groups is 1. The van der Waals surface area contributed by atoms with Crippen molar-refractivity contribution in [2.24, 2.45) is 0 Å². The Kier molecular flexibility index (Phi) is 3.56. The Balaban J connectivity index is 0.00000144. The highest BCUT2D eigenvalue weighted by Crippen LogP contribution is 2.25. The van der Waals surface area contributed by atoms with Gasteiger partial charge in [-0.1, -0.05) is 0 Å². The zero-order valence-corrected chi connectivity index (χ0v) is 7.76. The Hall–Kier alpha value is -1.42. The van der Waals surface area contributed by atoms with E-state index in [-0.39, 0.29) is 29.4 Å². The molecular weight excluding hydrogens is 194 g/mol. The van der Waals surface area contributed by atoms with Gasteiger partial charge in [-0.25, -0.2) is 4.79 Å². The van der Waals surface area contributed by atoms with Gasteiger partial charge >= 0.3 is 5.97 Å². The molecule has 1 aromatic rings. The molecule has 0 atom stereocenters. The summed E-state index contributed by atoms with van der Waals surface area (Å²) in [5, 5.41) is 17.8. The number of anilines is 1. The number of hydrogen-bond acceptors (Lipinski definition) is 3. The summed E-state index contributed by atoms with van der Waals surface area (Å²) in [5.41, 5.74) is 5.99. The highest BCUT2D eigenvalue weighted by atomic mass is 35.5. The van der Waals surface area contributed by atoms with E-state index in [4.69, 9.17) is 10.8 Å². The predicted molar refractivity (Wildman–Crippen MR) is 51.5 cm³/mol. The van der Waals surface area contributed by atoms with Crippen LogP contribution in [-0.2, 0) is 0 Å². The fraction of sp³-hybridized carbons (Fsp3) is 0.125. The van der Waals surface area contributed by atoms with E-state index in [9.17, 15) is 9.90 Å². The lowest BCUT2D eigenvalue weighted by Gasteiger charge is -2.03. The second kappa shape index (κ2) is 4.00. The Morgan fingerprint density at radius 1 is 1.46 bits per heavy atom. The number of rotatable bonds is 1. The number of benzene rings is 1. The molecule has 0 saturated carbocycles. The first-order valence-corrected chi connectivity index (χ1v) is 3.34. The Bertz CT molecular complexity index is 315. The van der Waals surface area contributed by atoms with Crippen molar-refractivity contribution in [3.8, 4) is 5.75 Å². The third kappa shape index (κ3) is 2.26. The number of aryl methyl sites for hydroxylation is 1. The molecule has 0 saturated heterocycles. The number of nitrogens with two attached hydrogens (primary N) is 1. The minimum atomic E-state index is -1.05. The van der Waals surface area contributed by atoms with E-state index in [0.717, 1.165) is 0 Å². The lowest BCUT2D eigenvalue weighted by atomic mass is 10.1. The van der Waals surface area contributed by atoms with Crippen molar-refractivity contribution >= 4 is 24.1 Å². The number of carbonyl (C=O) groups is 1. The van der Waals surface area contributed by atoms with Crippen LogP contribution in [0.25, 0.3) is 0 Å². The fourth-order valence-corrected chi connectivity index (χ4v) is 0.930. The maximum atomic E-state index is 10.5. The van der Waals surface area contributed by atoms with E-state index in [1.54, 1.807) is 6.92 Å². The van der Waals surface area contributed by atoms with Crippen LogP contribution in [-0.4, -0.2) is 16.2 Å². The van der Waals surface area contributed by atoms with E-state index in [1.165, 1.54) is 12.1 Å². The van der Waals surface area contributed by atoms with Crippen LogP contribution in [0, 0.1) is 6.92 Å². The van der Waals surface area contributed by atoms with Gasteiger partial charge in [0.05, 0.1) is 11.3 Å². The highest BCUT2D eigenvalue weighted by Gasteiger charge is 2.08. The van der Waals surface area contributed by atoms with E-state index >= 15 is 0 Å². The molecule has 0 aliphatic heterocycles. The number of aromatic carboxylic acids is 1. The molecule has 1 aromatic carbocycles. The summed E-state index contributed by atoms with van der Waals surface area (Å²) in [7, 11) is 0. The van der Waals surface area contributed by atoms with E-state index < -0.39 is 5.97 Å².